The number of Topliss-reactive ketones (excluding diaryl/α,β-unsaturated/α-hetero) is 1. The van der Waals surface area contributed by atoms with Gasteiger partial charge in [-0.2, -0.15) is 17.5 Å². The van der Waals surface area contributed by atoms with E-state index in [4.69, 9.17) is 11.6 Å². The number of nitrogens with zero attached hydrogens (tertiary/aromatic N) is 5. The van der Waals surface area contributed by atoms with Crippen molar-refractivity contribution in [2.75, 3.05) is 44.2 Å². The number of carbonyl (C=O) groups is 1. The Morgan fingerprint density at radius 1 is 1.07 bits per heavy atom. The number of piperazine rings is 1. The van der Waals surface area contributed by atoms with Crippen LogP contribution < -0.4 is 4.90 Å². The highest BCUT2D eigenvalue weighted by Crippen LogP contribution is 2.39. The van der Waals surface area contributed by atoms with Crippen molar-refractivity contribution < 1.29 is 35.2 Å². The Balaban J connectivity index is 1.39. The summed E-state index contributed by atoms with van der Waals surface area (Å²) in [6.45, 7) is 6.81. The van der Waals surface area contributed by atoms with Crippen LogP contribution in [0.2, 0.25) is 4.34 Å². The second-order valence-corrected chi connectivity index (χ2v) is 15.8. The Hall–Kier alpha value is -2.72. The van der Waals surface area contributed by atoms with Gasteiger partial charge >= 0.3 is 6.18 Å². The van der Waals surface area contributed by atoms with E-state index < -0.39 is 52.5 Å². The molecule has 46 heavy (non-hydrogen) atoms. The number of anilines is 1. The molecule has 0 saturated carbocycles. The Bertz CT molecular complexity index is 1660. The van der Waals surface area contributed by atoms with Gasteiger partial charge in [0.15, 0.2) is 5.78 Å². The van der Waals surface area contributed by atoms with Crippen LogP contribution in [0.25, 0.3) is 11.3 Å². The van der Waals surface area contributed by atoms with Crippen molar-refractivity contribution in [1.29, 1.82) is 0 Å². The maximum absolute atomic E-state index is 14.5. The lowest BCUT2D eigenvalue weighted by atomic mass is 10.0. The lowest BCUT2D eigenvalue weighted by Crippen LogP contribution is -2.48. The molecule has 0 spiro atoms. The zero-order chi connectivity index (χ0) is 33.4. The summed E-state index contributed by atoms with van der Waals surface area (Å²) in [5, 5.41) is 0. The Kier molecular flexibility index (Phi) is 10.1. The maximum Gasteiger partial charge on any atom is 0.416 e. The Labute approximate surface area is 273 Å². The lowest BCUT2D eigenvalue weighted by molar-refractivity contribution is -0.137. The first-order valence-electron chi connectivity index (χ1n) is 14.7. The summed E-state index contributed by atoms with van der Waals surface area (Å²) >= 11 is 6.60. The van der Waals surface area contributed by atoms with Crippen LogP contribution in [0.4, 0.5) is 27.9 Å². The maximum atomic E-state index is 14.5. The minimum Gasteiger partial charge on any atom is -0.338 e. The van der Waals surface area contributed by atoms with Gasteiger partial charge in [0.05, 0.1) is 28.2 Å². The number of ketones is 1. The number of thiophene rings is 1. The number of benzene rings is 1. The number of hydrogen-bond acceptors (Lipinski definition) is 8. The van der Waals surface area contributed by atoms with Gasteiger partial charge in [-0.3, -0.25) is 9.69 Å². The van der Waals surface area contributed by atoms with Crippen molar-refractivity contribution in [3.8, 4) is 11.3 Å². The van der Waals surface area contributed by atoms with E-state index in [-0.39, 0.29) is 21.4 Å². The number of carbonyl (C=O) groups excluding carboxylic acids is 1. The Morgan fingerprint density at radius 2 is 1.74 bits per heavy atom. The first kappa shape index (κ1) is 34.6. The third kappa shape index (κ3) is 8.04. The molecular formula is C30H33ClF5N5O3S2. The minimum atomic E-state index is -4.51. The fraction of sp³-hybridized carbons (Fsp3) is 0.500. The van der Waals surface area contributed by atoms with Crippen LogP contribution in [0, 0.1) is 5.92 Å². The number of aryl methyl sites for hydroxylation is 1. The van der Waals surface area contributed by atoms with Gasteiger partial charge in [-0.15, -0.1) is 11.3 Å². The van der Waals surface area contributed by atoms with Gasteiger partial charge in [-0.05, 0) is 42.7 Å². The van der Waals surface area contributed by atoms with Gasteiger partial charge in [-0.25, -0.2) is 27.2 Å². The molecule has 0 aliphatic carbocycles. The van der Waals surface area contributed by atoms with Crippen molar-refractivity contribution >= 4 is 44.7 Å². The topological polar surface area (TPSA) is 86.7 Å². The van der Waals surface area contributed by atoms with E-state index in [0.717, 1.165) is 43.1 Å². The van der Waals surface area contributed by atoms with E-state index in [2.05, 4.69) is 28.7 Å². The lowest BCUT2D eigenvalue weighted by Gasteiger charge is -2.35. The quantitative estimate of drug-likeness (QED) is 0.231. The SMILES string of the molecule is CC(C)CN1CCN(c2nc(CCC(=O)[C@@H]3CC(F)(F)CN3S(=O)(=O)c3ccc(Cl)s3)cc(-c3ccc(C(F)(F)F)cc3)n2)CC1. The molecule has 0 unspecified atom stereocenters. The molecule has 0 bridgehead atoms. The molecule has 2 aliphatic rings. The molecule has 5 rings (SSSR count). The molecule has 1 atom stereocenters. The molecule has 3 aromatic rings. The molecule has 0 N–H and O–H groups in total. The molecule has 2 saturated heterocycles. The minimum absolute atomic E-state index is 0.0178. The van der Waals surface area contributed by atoms with E-state index in [1.165, 1.54) is 24.3 Å². The van der Waals surface area contributed by atoms with Crippen molar-refractivity contribution in [1.82, 2.24) is 19.2 Å². The summed E-state index contributed by atoms with van der Waals surface area (Å²) in [7, 11) is -4.41. The molecule has 2 aromatic heterocycles. The van der Waals surface area contributed by atoms with Gasteiger partial charge in [-0.1, -0.05) is 37.6 Å². The third-order valence-electron chi connectivity index (χ3n) is 7.89. The molecule has 4 heterocycles. The number of halogens is 6. The number of alkyl halides is 5. The van der Waals surface area contributed by atoms with Gasteiger partial charge in [0.2, 0.25) is 5.95 Å². The van der Waals surface area contributed by atoms with E-state index in [9.17, 15) is 35.2 Å². The number of sulfonamides is 1. The average molecular weight is 706 g/mol. The highest BCUT2D eigenvalue weighted by molar-refractivity contribution is 7.91. The van der Waals surface area contributed by atoms with Crippen LogP contribution in [0.5, 0.6) is 0 Å². The first-order chi connectivity index (χ1) is 21.5. The summed E-state index contributed by atoms with van der Waals surface area (Å²) in [5.74, 6) is -3.26. The molecule has 16 heteroatoms. The summed E-state index contributed by atoms with van der Waals surface area (Å²) in [6.07, 6.45) is -5.76. The smallest absolute Gasteiger partial charge is 0.338 e. The largest absolute Gasteiger partial charge is 0.416 e. The summed E-state index contributed by atoms with van der Waals surface area (Å²) in [6, 6.07) is 7.08. The number of hydrogen-bond donors (Lipinski definition) is 0. The standard InChI is InChI=1S/C30H33ClF5N5O3S2/c1-19(2)17-39-11-13-40(14-12-39)28-37-22(15-23(38-28)20-3-5-21(6-4-20)30(34,35)36)7-8-25(42)24-16-29(32,33)18-41(24)46(43,44)27-10-9-26(31)45-27/h3-6,9-10,15,19,24H,7-8,11-14,16-18H2,1-2H3/t24-/m0/s1. The van der Waals surface area contributed by atoms with Crippen molar-refractivity contribution in [3.63, 3.8) is 0 Å². The third-order valence-corrected chi connectivity index (χ3v) is 11.4. The zero-order valence-electron chi connectivity index (χ0n) is 25.1. The summed E-state index contributed by atoms with van der Waals surface area (Å²) in [4.78, 5) is 26.9. The summed E-state index contributed by atoms with van der Waals surface area (Å²) < 4.78 is 95.5. The molecule has 250 valence electrons. The fourth-order valence-corrected chi connectivity index (χ4v) is 8.91. The molecule has 8 nitrogen and oxygen atoms in total. The van der Waals surface area contributed by atoms with Crippen molar-refractivity contribution in [2.45, 2.75) is 55.5 Å². The highest BCUT2D eigenvalue weighted by Gasteiger charge is 2.52. The number of rotatable bonds is 10. The Morgan fingerprint density at radius 3 is 2.33 bits per heavy atom. The van der Waals surface area contributed by atoms with Crippen molar-refractivity contribution in [2.24, 2.45) is 5.92 Å². The molecule has 2 aliphatic heterocycles. The predicted molar refractivity (Wildman–Crippen MR) is 166 cm³/mol. The molecule has 2 fully saturated rings. The highest BCUT2D eigenvalue weighted by atomic mass is 35.5. The zero-order valence-corrected chi connectivity index (χ0v) is 27.5. The van der Waals surface area contributed by atoms with Crippen LogP contribution in [-0.4, -0.2) is 84.6 Å². The van der Waals surface area contributed by atoms with E-state index in [0.29, 0.717) is 46.2 Å². The number of aromatic nitrogens is 2. The average Bonchev–Trinajstić information content (AvgIpc) is 3.58. The molecular weight excluding hydrogens is 673 g/mol. The fourth-order valence-electron chi connectivity index (χ4n) is 5.66. The second kappa shape index (κ2) is 13.4. The predicted octanol–water partition coefficient (Wildman–Crippen LogP) is 6.26. The van der Waals surface area contributed by atoms with Gasteiger partial charge in [0.25, 0.3) is 15.9 Å². The van der Waals surface area contributed by atoms with Crippen LogP contribution in [0.15, 0.2) is 46.7 Å². The van der Waals surface area contributed by atoms with Crippen LogP contribution in [-0.2, 0) is 27.4 Å². The monoisotopic (exact) mass is 705 g/mol. The van der Waals surface area contributed by atoms with Gasteiger partial charge < -0.3 is 4.90 Å². The van der Waals surface area contributed by atoms with Crippen LogP contribution in [0.1, 0.15) is 37.9 Å². The second-order valence-electron chi connectivity index (χ2n) is 12.0. The van der Waals surface area contributed by atoms with E-state index in [1.807, 2.05) is 4.90 Å². The van der Waals surface area contributed by atoms with E-state index in [1.54, 1.807) is 6.07 Å². The van der Waals surface area contributed by atoms with Gasteiger partial charge in [0, 0.05) is 56.8 Å². The van der Waals surface area contributed by atoms with Crippen LogP contribution >= 0.6 is 22.9 Å². The molecule has 1 aromatic carbocycles. The van der Waals surface area contributed by atoms with Crippen molar-refractivity contribution in [3.05, 3.63) is 58.1 Å². The summed E-state index contributed by atoms with van der Waals surface area (Å²) in [5.41, 5.74) is 0.319. The van der Waals surface area contributed by atoms with Crippen LogP contribution in [0.3, 0.4) is 0 Å². The normalized spacial score (nSPS) is 19.7. The molecule has 0 radical (unpaired) electrons. The van der Waals surface area contributed by atoms with Gasteiger partial charge in [0.1, 0.15) is 4.21 Å². The van der Waals surface area contributed by atoms with E-state index >= 15 is 0 Å². The first-order valence-corrected chi connectivity index (χ1v) is 17.4. The molecule has 0 amide bonds.